The van der Waals surface area contributed by atoms with Gasteiger partial charge in [0, 0.05) is 17.0 Å². The molecule has 7 nitrogen and oxygen atoms in total. The van der Waals surface area contributed by atoms with Gasteiger partial charge in [0.25, 0.3) is 5.91 Å². The van der Waals surface area contributed by atoms with Crippen LogP contribution in [0.1, 0.15) is 53.3 Å². The molecular formula is C20H22N6OS. The quantitative estimate of drug-likeness (QED) is 0.574. The first-order chi connectivity index (χ1) is 13.3. The van der Waals surface area contributed by atoms with E-state index in [1.807, 2.05) is 42.6 Å². The molecule has 144 valence electrons. The van der Waals surface area contributed by atoms with E-state index in [1.165, 1.54) is 11.3 Å². The van der Waals surface area contributed by atoms with Crippen LogP contribution in [0.25, 0.3) is 15.9 Å². The van der Waals surface area contributed by atoms with Gasteiger partial charge in [-0.1, -0.05) is 26.8 Å². The van der Waals surface area contributed by atoms with Crippen molar-refractivity contribution in [3.63, 3.8) is 0 Å². The number of aryl methyl sites for hydroxylation is 2. The predicted octanol–water partition coefficient (Wildman–Crippen LogP) is 3.58. The first-order valence-corrected chi connectivity index (χ1v) is 9.92. The monoisotopic (exact) mass is 394 g/mol. The fraction of sp³-hybridized carbons (Fsp3) is 0.350. The molecule has 4 aromatic rings. The number of nitrogens with one attached hydrogen (secondary N) is 1. The number of hydrogen-bond acceptors (Lipinski definition) is 6. The minimum absolute atomic E-state index is 0.134. The second-order valence-electron chi connectivity index (χ2n) is 7.85. The number of amides is 1. The standard InChI is InChI=1S/C20H22N6OS/c1-11-15-12(2)22-19(20(3,4)5)23-18(15)28-16(11)17(27)21-10-14-25-24-13-8-6-7-9-26(13)14/h6-9H,10H2,1-5H3,(H,21,27). The van der Waals surface area contributed by atoms with E-state index in [4.69, 9.17) is 4.98 Å². The van der Waals surface area contributed by atoms with Crippen molar-refractivity contribution in [1.29, 1.82) is 0 Å². The Bertz CT molecular complexity index is 1200. The second kappa shape index (κ2) is 6.63. The summed E-state index contributed by atoms with van der Waals surface area (Å²) in [6.45, 7) is 10.5. The molecule has 0 saturated heterocycles. The number of hydrogen-bond donors (Lipinski definition) is 1. The van der Waals surface area contributed by atoms with Gasteiger partial charge in [0.1, 0.15) is 10.7 Å². The molecule has 1 amide bonds. The summed E-state index contributed by atoms with van der Waals surface area (Å²) in [6.07, 6.45) is 1.88. The van der Waals surface area contributed by atoms with Gasteiger partial charge in [0.15, 0.2) is 11.5 Å². The lowest BCUT2D eigenvalue weighted by atomic mass is 9.95. The highest BCUT2D eigenvalue weighted by Crippen LogP contribution is 2.33. The largest absolute Gasteiger partial charge is 0.344 e. The average molecular weight is 395 g/mol. The number of carbonyl (C=O) groups excluding carboxylic acids is 1. The van der Waals surface area contributed by atoms with Crippen LogP contribution in [-0.4, -0.2) is 30.5 Å². The van der Waals surface area contributed by atoms with Gasteiger partial charge in [-0.25, -0.2) is 9.97 Å². The zero-order valence-electron chi connectivity index (χ0n) is 16.6. The lowest BCUT2D eigenvalue weighted by Gasteiger charge is -2.16. The maximum Gasteiger partial charge on any atom is 0.262 e. The second-order valence-corrected chi connectivity index (χ2v) is 8.85. The molecule has 0 aromatic carbocycles. The first kappa shape index (κ1) is 18.5. The molecular weight excluding hydrogens is 372 g/mol. The van der Waals surface area contributed by atoms with Crippen molar-refractivity contribution >= 4 is 33.1 Å². The van der Waals surface area contributed by atoms with E-state index in [1.54, 1.807) is 0 Å². The third kappa shape index (κ3) is 3.13. The van der Waals surface area contributed by atoms with Crippen LogP contribution in [0.4, 0.5) is 0 Å². The third-order valence-corrected chi connectivity index (χ3v) is 5.82. The van der Waals surface area contributed by atoms with E-state index in [-0.39, 0.29) is 11.3 Å². The Labute approximate surface area is 166 Å². The van der Waals surface area contributed by atoms with Gasteiger partial charge < -0.3 is 5.32 Å². The van der Waals surface area contributed by atoms with Gasteiger partial charge in [-0.2, -0.15) is 0 Å². The minimum atomic E-state index is -0.145. The van der Waals surface area contributed by atoms with E-state index in [2.05, 4.69) is 41.3 Å². The molecule has 0 saturated carbocycles. The van der Waals surface area contributed by atoms with Crippen molar-refractivity contribution in [2.24, 2.45) is 0 Å². The fourth-order valence-corrected chi connectivity index (χ4v) is 4.29. The van der Waals surface area contributed by atoms with Gasteiger partial charge in [-0.05, 0) is 31.5 Å². The van der Waals surface area contributed by atoms with Crippen LogP contribution in [0.5, 0.6) is 0 Å². The summed E-state index contributed by atoms with van der Waals surface area (Å²) in [7, 11) is 0. The van der Waals surface area contributed by atoms with E-state index >= 15 is 0 Å². The summed E-state index contributed by atoms with van der Waals surface area (Å²) in [5.41, 5.74) is 2.44. The zero-order chi connectivity index (χ0) is 20.1. The Morgan fingerprint density at radius 3 is 2.71 bits per heavy atom. The lowest BCUT2D eigenvalue weighted by molar-refractivity contribution is 0.0953. The van der Waals surface area contributed by atoms with Crippen molar-refractivity contribution in [3.05, 3.63) is 52.2 Å². The Balaban J connectivity index is 1.64. The Hall–Kier alpha value is -2.87. The molecule has 0 unspecified atom stereocenters. The van der Waals surface area contributed by atoms with Crippen LogP contribution in [0.3, 0.4) is 0 Å². The van der Waals surface area contributed by atoms with Gasteiger partial charge in [-0.15, -0.1) is 21.5 Å². The molecule has 4 heterocycles. The molecule has 0 spiro atoms. The van der Waals surface area contributed by atoms with Gasteiger partial charge in [-0.3, -0.25) is 9.20 Å². The number of pyridine rings is 1. The lowest BCUT2D eigenvalue weighted by Crippen LogP contribution is -2.23. The maximum atomic E-state index is 12.9. The molecule has 0 atom stereocenters. The minimum Gasteiger partial charge on any atom is -0.344 e. The molecule has 0 aliphatic rings. The summed E-state index contributed by atoms with van der Waals surface area (Å²) >= 11 is 1.41. The van der Waals surface area contributed by atoms with E-state index < -0.39 is 0 Å². The van der Waals surface area contributed by atoms with Gasteiger partial charge >= 0.3 is 0 Å². The molecule has 4 rings (SSSR count). The molecule has 0 aliphatic carbocycles. The fourth-order valence-electron chi connectivity index (χ4n) is 3.14. The summed E-state index contributed by atoms with van der Waals surface area (Å²) in [5.74, 6) is 1.35. The summed E-state index contributed by atoms with van der Waals surface area (Å²) in [6, 6.07) is 5.69. The highest BCUT2D eigenvalue weighted by Gasteiger charge is 2.23. The van der Waals surface area contributed by atoms with Crippen molar-refractivity contribution < 1.29 is 4.79 Å². The number of thiophene rings is 1. The molecule has 28 heavy (non-hydrogen) atoms. The number of fused-ring (bicyclic) bond motifs is 2. The van der Waals surface area contributed by atoms with Crippen LogP contribution in [-0.2, 0) is 12.0 Å². The van der Waals surface area contributed by atoms with Crippen LogP contribution in [0.2, 0.25) is 0 Å². The Morgan fingerprint density at radius 2 is 1.96 bits per heavy atom. The summed E-state index contributed by atoms with van der Waals surface area (Å²) in [5, 5.41) is 12.2. The third-order valence-electron chi connectivity index (χ3n) is 4.64. The maximum absolute atomic E-state index is 12.9. The molecule has 0 fully saturated rings. The predicted molar refractivity (Wildman–Crippen MR) is 110 cm³/mol. The average Bonchev–Trinajstić information content (AvgIpc) is 3.20. The smallest absolute Gasteiger partial charge is 0.262 e. The van der Waals surface area contributed by atoms with E-state index in [0.717, 1.165) is 32.9 Å². The highest BCUT2D eigenvalue weighted by atomic mass is 32.1. The molecule has 0 aliphatic heterocycles. The van der Waals surface area contributed by atoms with Crippen molar-refractivity contribution in [2.75, 3.05) is 0 Å². The van der Waals surface area contributed by atoms with Gasteiger partial charge in [0.05, 0.1) is 17.1 Å². The topological polar surface area (TPSA) is 85.1 Å². The molecule has 4 aromatic heterocycles. The molecule has 8 heteroatoms. The zero-order valence-corrected chi connectivity index (χ0v) is 17.4. The van der Waals surface area contributed by atoms with Crippen LogP contribution in [0.15, 0.2) is 24.4 Å². The van der Waals surface area contributed by atoms with E-state index in [0.29, 0.717) is 17.2 Å². The highest BCUT2D eigenvalue weighted by molar-refractivity contribution is 7.20. The SMILES string of the molecule is Cc1nc(C(C)(C)C)nc2sc(C(=O)NCc3nnc4ccccn34)c(C)c12. The normalized spacial score (nSPS) is 12.0. The number of nitrogens with zero attached hydrogens (tertiary/aromatic N) is 5. The number of rotatable bonds is 3. The Kier molecular flexibility index (Phi) is 4.38. The molecule has 0 bridgehead atoms. The summed E-state index contributed by atoms with van der Waals surface area (Å²) < 4.78 is 1.86. The van der Waals surface area contributed by atoms with Crippen molar-refractivity contribution in [1.82, 2.24) is 29.9 Å². The van der Waals surface area contributed by atoms with Crippen LogP contribution in [0, 0.1) is 13.8 Å². The van der Waals surface area contributed by atoms with Crippen molar-refractivity contribution in [2.45, 2.75) is 46.6 Å². The number of carbonyl (C=O) groups is 1. The first-order valence-electron chi connectivity index (χ1n) is 9.11. The van der Waals surface area contributed by atoms with Crippen molar-refractivity contribution in [3.8, 4) is 0 Å². The van der Waals surface area contributed by atoms with E-state index in [9.17, 15) is 4.79 Å². The molecule has 1 N–H and O–H groups in total. The summed E-state index contributed by atoms with van der Waals surface area (Å²) in [4.78, 5) is 23.8. The van der Waals surface area contributed by atoms with Crippen LogP contribution < -0.4 is 5.32 Å². The van der Waals surface area contributed by atoms with Crippen LogP contribution >= 0.6 is 11.3 Å². The van der Waals surface area contributed by atoms with Gasteiger partial charge in [0.2, 0.25) is 0 Å². The number of aromatic nitrogens is 5. The molecule has 0 radical (unpaired) electrons. The Morgan fingerprint density at radius 1 is 1.18 bits per heavy atom.